The largest absolute Gasteiger partial charge is 0.450 e. The third kappa shape index (κ3) is 5.89. The zero-order chi connectivity index (χ0) is 19.1. The van der Waals surface area contributed by atoms with Gasteiger partial charge >= 0.3 is 6.09 Å². The molecule has 0 saturated heterocycles. The highest BCUT2D eigenvalue weighted by Crippen LogP contribution is 2.32. The molecule has 1 aliphatic rings. The van der Waals surface area contributed by atoms with Gasteiger partial charge in [0.15, 0.2) is 5.96 Å². The monoisotopic (exact) mass is 364 g/mol. The van der Waals surface area contributed by atoms with E-state index >= 15 is 0 Å². The minimum Gasteiger partial charge on any atom is -0.450 e. The Bertz CT molecular complexity index is 646. The van der Waals surface area contributed by atoms with E-state index in [2.05, 4.69) is 20.9 Å². The number of aliphatic imine (C=N–C) groups is 1. The van der Waals surface area contributed by atoms with Gasteiger partial charge < -0.3 is 20.7 Å². The molecule has 0 spiro atoms. The first kappa shape index (κ1) is 20.0. The summed E-state index contributed by atoms with van der Waals surface area (Å²) in [5.41, 5.74) is 1.47. The maximum Gasteiger partial charge on any atom is 0.407 e. The molecule has 0 radical (unpaired) electrons. The van der Waals surface area contributed by atoms with Crippen LogP contribution in [-0.4, -0.2) is 38.3 Å². The number of halogens is 1. The van der Waals surface area contributed by atoms with E-state index in [1.807, 2.05) is 13.0 Å². The molecular formula is C19H29FN4O2. The first-order valence-corrected chi connectivity index (χ1v) is 9.11. The van der Waals surface area contributed by atoms with Gasteiger partial charge in [0.25, 0.3) is 0 Å². The highest BCUT2D eigenvalue weighted by Gasteiger charge is 2.32. The van der Waals surface area contributed by atoms with Crippen molar-refractivity contribution in [2.75, 3.05) is 20.2 Å². The predicted octanol–water partition coefficient (Wildman–Crippen LogP) is 2.88. The molecule has 0 aromatic heterocycles. The molecule has 144 valence electrons. The number of carbonyl (C=O) groups excluding carboxylic acids is 1. The van der Waals surface area contributed by atoms with E-state index in [-0.39, 0.29) is 17.9 Å². The maximum absolute atomic E-state index is 13.8. The van der Waals surface area contributed by atoms with Crippen LogP contribution in [-0.2, 0) is 4.74 Å². The van der Waals surface area contributed by atoms with Crippen molar-refractivity contribution in [3.05, 3.63) is 35.1 Å². The number of benzene rings is 1. The molecule has 1 aromatic carbocycles. The Morgan fingerprint density at radius 1 is 1.38 bits per heavy atom. The Kier molecular flexibility index (Phi) is 7.24. The fourth-order valence-electron chi connectivity index (χ4n) is 2.73. The van der Waals surface area contributed by atoms with Gasteiger partial charge in [-0.25, -0.2) is 9.18 Å². The summed E-state index contributed by atoms with van der Waals surface area (Å²) < 4.78 is 18.7. The van der Waals surface area contributed by atoms with Crippen molar-refractivity contribution in [1.82, 2.24) is 16.0 Å². The van der Waals surface area contributed by atoms with Crippen LogP contribution in [0.3, 0.4) is 0 Å². The molecule has 1 aromatic rings. The van der Waals surface area contributed by atoms with Crippen LogP contribution in [0.25, 0.3) is 0 Å². The number of aryl methyl sites for hydroxylation is 1. The van der Waals surface area contributed by atoms with Crippen LogP contribution < -0.4 is 16.0 Å². The maximum atomic E-state index is 13.8. The van der Waals surface area contributed by atoms with Crippen LogP contribution in [0, 0.1) is 18.7 Å². The molecule has 1 saturated carbocycles. The molecule has 26 heavy (non-hydrogen) atoms. The summed E-state index contributed by atoms with van der Waals surface area (Å²) in [4.78, 5) is 15.9. The summed E-state index contributed by atoms with van der Waals surface area (Å²) in [5, 5.41) is 9.39. The van der Waals surface area contributed by atoms with Gasteiger partial charge in [0, 0.05) is 13.6 Å². The van der Waals surface area contributed by atoms with E-state index in [0.717, 1.165) is 18.4 Å². The zero-order valence-corrected chi connectivity index (χ0v) is 15.9. The number of hydrogen-bond acceptors (Lipinski definition) is 3. The van der Waals surface area contributed by atoms with Crippen molar-refractivity contribution in [3.8, 4) is 0 Å². The molecule has 0 bridgehead atoms. The van der Waals surface area contributed by atoms with Crippen molar-refractivity contribution in [1.29, 1.82) is 0 Å². The third-order valence-corrected chi connectivity index (χ3v) is 4.53. The fraction of sp³-hybridized carbons (Fsp3) is 0.579. The summed E-state index contributed by atoms with van der Waals surface area (Å²) in [7, 11) is 1.68. The van der Waals surface area contributed by atoms with Crippen LogP contribution in [0.1, 0.15) is 43.9 Å². The van der Waals surface area contributed by atoms with E-state index in [4.69, 9.17) is 4.74 Å². The number of amides is 1. The van der Waals surface area contributed by atoms with Gasteiger partial charge in [0.1, 0.15) is 5.82 Å². The number of carbonyl (C=O) groups is 1. The summed E-state index contributed by atoms with van der Waals surface area (Å²) >= 11 is 0. The molecule has 1 aliphatic carbocycles. The van der Waals surface area contributed by atoms with Crippen molar-refractivity contribution in [2.24, 2.45) is 10.9 Å². The normalized spacial score (nSPS) is 16.6. The van der Waals surface area contributed by atoms with Crippen LogP contribution in [0.5, 0.6) is 0 Å². The SMILES string of the molecule is CCOC(=O)NC(CNC(=NC)NC(C)c1ccc(C)c(F)c1)C1CC1. The quantitative estimate of drug-likeness (QED) is 0.514. The molecule has 0 aliphatic heterocycles. The Morgan fingerprint density at radius 3 is 2.69 bits per heavy atom. The molecular weight excluding hydrogens is 335 g/mol. The number of nitrogens with zero attached hydrogens (tertiary/aromatic N) is 1. The van der Waals surface area contributed by atoms with Gasteiger partial charge in [-0.05, 0) is 56.7 Å². The lowest BCUT2D eigenvalue weighted by Crippen LogP contribution is -2.48. The molecule has 2 atom stereocenters. The van der Waals surface area contributed by atoms with E-state index in [1.54, 1.807) is 27.0 Å². The summed E-state index contributed by atoms with van der Waals surface area (Å²) in [6, 6.07) is 5.10. The molecule has 6 nitrogen and oxygen atoms in total. The first-order valence-electron chi connectivity index (χ1n) is 9.11. The molecule has 1 fully saturated rings. The lowest BCUT2D eigenvalue weighted by atomic mass is 10.1. The Labute approximate surface area is 154 Å². The average Bonchev–Trinajstić information content (AvgIpc) is 3.44. The molecule has 2 unspecified atom stereocenters. The van der Waals surface area contributed by atoms with Crippen molar-refractivity contribution >= 4 is 12.1 Å². The lowest BCUT2D eigenvalue weighted by molar-refractivity contribution is 0.146. The number of alkyl carbamates (subject to hydrolysis) is 1. The van der Waals surface area contributed by atoms with Gasteiger partial charge in [-0.3, -0.25) is 4.99 Å². The standard InChI is InChI=1S/C19H29FN4O2/c1-5-26-19(25)24-17(14-8-9-14)11-22-18(21-4)23-13(3)15-7-6-12(2)16(20)10-15/h6-7,10,13-14,17H,5,8-9,11H2,1-4H3,(H,24,25)(H2,21,22,23). The molecule has 0 heterocycles. The molecule has 2 rings (SSSR count). The Hall–Kier alpha value is -2.31. The zero-order valence-electron chi connectivity index (χ0n) is 15.9. The van der Waals surface area contributed by atoms with Gasteiger partial charge in [0.2, 0.25) is 0 Å². The van der Waals surface area contributed by atoms with Crippen LogP contribution in [0.4, 0.5) is 9.18 Å². The van der Waals surface area contributed by atoms with Gasteiger partial charge in [0.05, 0.1) is 18.7 Å². The third-order valence-electron chi connectivity index (χ3n) is 4.53. The Morgan fingerprint density at radius 2 is 2.12 bits per heavy atom. The molecule has 3 N–H and O–H groups in total. The molecule has 7 heteroatoms. The number of nitrogens with one attached hydrogen (secondary N) is 3. The van der Waals surface area contributed by atoms with Gasteiger partial charge in [-0.15, -0.1) is 0 Å². The minimum atomic E-state index is -0.391. The minimum absolute atomic E-state index is 0.000254. The van der Waals surface area contributed by atoms with Gasteiger partial charge in [-0.1, -0.05) is 12.1 Å². The van der Waals surface area contributed by atoms with E-state index in [9.17, 15) is 9.18 Å². The predicted molar refractivity (Wildman–Crippen MR) is 101 cm³/mol. The number of ether oxygens (including phenoxy) is 1. The first-order chi connectivity index (χ1) is 12.4. The van der Waals surface area contributed by atoms with Crippen molar-refractivity contribution in [2.45, 2.75) is 45.7 Å². The van der Waals surface area contributed by atoms with E-state index in [0.29, 0.717) is 30.6 Å². The number of hydrogen-bond donors (Lipinski definition) is 3. The van der Waals surface area contributed by atoms with Gasteiger partial charge in [-0.2, -0.15) is 0 Å². The Balaban J connectivity index is 1.89. The van der Waals surface area contributed by atoms with Crippen LogP contribution in [0.2, 0.25) is 0 Å². The number of guanidine groups is 1. The average molecular weight is 364 g/mol. The summed E-state index contributed by atoms with van der Waals surface area (Å²) in [6.07, 6.45) is 1.81. The lowest BCUT2D eigenvalue weighted by Gasteiger charge is -2.22. The van der Waals surface area contributed by atoms with Crippen LogP contribution in [0.15, 0.2) is 23.2 Å². The van der Waals surface area contributed by atoms with E-state index in [1.165, 1.54) is 6.07 Å². The topological polar surface area (TPSA) is 74.8 Å². The second kappa shape index (κ2) is 9.40. The molecule has 1 amide bonds. The second-order valence-corrected chi connectivity index (χ2v) is 6.64. The van der Waals surface area contributed by atoms with Crippen molar-refractivity contribution in [3.63, 3.8) is 0 Å². The van der Waals surface area contributed by atoms with Crippen molar-refractivity contribution < 1.29 is 13.9 Å². The van der Waals surface area contributed by atoms with Crippen LogP contribution >= 0.6 is 0 Å². The number of rotatable bonds is 7. The van der Waals surface area contributed by atoms with E-state index < -0.39 is 6.09 Å². The highest BCUT2D eigenvalue weighted by molar-refractivity contribution is 5.80. The fourth-order valence-corrected chi connectivity index (χ4v) is 2.73. The summed E-state index contributed by atoms with van der Waals surface area (Å²) in [5.74, 6) is 0.856. The summed E-state index contributed by atoms with van der Waals surface area (Å²) in [6.45, 7) is 6.38. The second-order valence-electron chi connectivity index (χ2n) is 6.64. The highest BCUT2D eigenvalue weighted by atomic mass is 19.1. The smallest absolute Gasteiger partial charge is 0.407 e.